The molecule has 1 aliphatic carbocycles. The molecule has 1 spiro atoms. The van der Waals surface area contributed by atoms with Crippen LogP contribution in [0, 0.1) is 0 Å². The minimum atomic E-state index is -0.392. The van der Waals surface area contributed by atoms with E-state index in [-0.39, 0.29) is 6.71 Å². The zero-order chi connectivity index (χ0) is 36.8. The maximum atomic E-state index is 5.00. The van der Waals surface area contributed by atoms with Crippen molar-refractivity contribution in [1.82, 2.24) is 15.0 Å². The maximum Gasteiger partial charge on any atom is 0.244 e. The molecule has 258 valence electrons. The van der Waals surface area contributed by atoms with Crippen molar-refractivity contribution in [1.29, 1.82) is 0 Å². The normalized spacial score (nSPS) is 13.5. The average Bonchev–Trinajstić information content (AvgIpc) is 3.78. The number of benzene rings is 8. The van der Waals surface area contributed by atoms with E-state index in [4.69, 9.17) is 15.0 Å². The first-order chi connectivity index (χ1) is 27.8. The predicted octanol–water partition coefficient (Wildman–Crippen LogP) is 9.71. The summed E-state index contributed by atoms with van der Waals surface area (Å²) in [4.78, 5) is 14.9. The summed E-state index contributed by atoms with van der Waals surface area (Å²) in [6.07, 6.45) is 0. The first-order valence-corrected chi connectivity index (χ1v) is 19.3. The highest BCUT2D eigenvalue weighted by Gasteiger charge is 2.54. The molecule has 0 saturated heterocycles. The molecule has 0 fully saturated rings. The van der Waals surface area contributed by atoms with Crippen LogP contribution in [0.15, 0.2) is 194 Å². The molecule has 8 aromatic carbocycles. The van der Waals surface area contributed by atoms with Crippen molar-refractivity contribution in [2.75, 3.05) is 0 Å². The van der Waals surface area contributed by atoms with Crippen LogP contribution >= 0.6 is 0 Å². The molecule has 3 nitrogen and oxygen atoms in total. The Hall–Kier alpha value is -7.17. The molecule has 3 heterocycles. The van der Waals surface area contributed by atoms with E-state index in [1.807, 2.05) is 60.7 Å². The number of hydrogen-bond acceptors (Lipinski definition) is 3. The van der Waals surface area contributed by atoms with E-state index in [2.05, 4.69) is 133 Å². The van der Waals surface area contributed by atoms with Crippen LogP contribution in [0.1, 0.15) is 22.3 Å². The zero-order valence-electron chi connectivity index (χ0n) is 30.4. The standard InChI is InChI=1S/C52H32BN3/c1-3-15-34(16-4-1)49-54-50(35-17-5-2-6-18-35)56-51(55-49)36-31-29-33(30-32-36)37-21-13-22-40-41-23-14-27-45-48(41)53(47(37)40)46-28-12-11-26-44(46)52(45)42-24-9-7-19-38(42)39-20-8-10-25-43(39)52/h1-32H. The Morgan fingerprint density at radius 2 is 0.696 bits per heavy atom. The highest BCUT2D eigenvalue weighted by Crippen LogP contribution is 2.57. The first kappa shape index (κ1) is 31.2. The van der Waals surface area contributed by atoms with Gasteiger partial charge in [-0.15, -0.1) is 0 Å². The van der Waals surface area contributed by atoms with E-state index >= 15 is 0 Å². The van der Waals surface area contributed by atoms with Crippen LogP contribution in [-0.2, 0) is 5.41 Å². The third-order valence-corrected chi connectivity index (χ3v) is 12.3. The van der Waals surface area contributed by atoms with Crippen molar-refractivity contribution in [2.24, 2.45) is 0 Å². The van der Waals surface area contributed by atoms with Crippen LogP contribution < -0.4 is 16.4 Å². The van der Waals surface area contributed by atoms with E-state index in [1.165, 1.54) is 72.0 Å². The van der Waals surface area contributed by atoms with Crippen LogP contribution in [0.3, 0.4) is 0 Å². The van der Waals surface area contributed by atoms with Gasteiger partial charge in [0.25, 0.3) is 0 Å². The minimum absolute atomic E-state index is 0.110. The van der Waals surface area contributed by atoms with Crippen molar-refractivity contribution >= 4 is 23.1 Å². The summed E-state index contributed by atoms with van der Waals surface area (Å²) < 4.78 is 0. The Labute approximate surface area is 326 Å². The lowest BCUT2D eigenvalue weighted by Gasteiger charge is -2.42. The monoisotopic (exact) mass is 709 g/mol. The fraction of sp³-hybridized carbons (Fsp3) is 0.0192. The van der Waals surface area contributed by atoms with Crippen LogP contribution in [0.25, 0.3) is 67.5 Å². The second-order valence-electron chi connectivity index (χ2n) is 15.0. The molecule has 4 heteroatoms. The van der Waals surface area contributed by atoms with Gasteiger partial charge in [-0.1, -0.05) is 211 Å². The van der Waals surface area contributed by atoms with Crippen molar-refractivity contribution in [3.63, 3.8) is 0 Å². The Balaban J connectivity index is 1.02. The fourth-order valence-electron chi connectivity index (χ4n) is 10.0. The first-order valence-electron chi connectivity index (χ1n) is 19.3. The van der Waals surface area contributed by atoms with E-state index in [9.17, 15) is 0 Å². The van der Waals surface area contributed by atoms with Gasteiger partial charge >= 0.3 is 0 Å². The molecule has 0 N–H and O–H groups in total. The van der Waals surface area contributed by atoms with Crippen molar-refractivity contribution in [3.05, 3.63) is 216 Å². The van der Waals surface area contributed by atoms with Crippen LogP contribution in [0.4, 0.5) is 0 Å². The lowest BCUT2D eigenvalue weighted by Crippen LogP contribution is -2.60. The summed E-state index contributed by atoms with van der Waals surface area (Å²) in [5, 5.41) is 0. The SMILES string of the molecule is c1ccc(-c2nc(-c3ccccc3)nc(-c3ccc(-c4cccc5c4B4c6ccccc6C6(c7ccccc7-c7ccccc76)c6cccc-5c64)cc3)n2)cc1. The van der Waals surface area contributed by atoms with Crippen molar-refractivity contribution < 1.29 is 0 Å². The molecule has 56 heavy (non-hydrogen) atoms. The van der Waals surface area contributed by atoms with Crippen molar-refractivity contribution in [3.8, 4) is 67.5 Å². The average molecular weight is 710 g/mol. The molecule has 0 bridgehead atoms. The second-order valence-corrected chi connectivity index (χ2v) is 15.0. The van der Waals surface area contributed by atoms with Gasteiger partial charge in [-0.25, -0.2) is 15.0 Å². The summed E-state index contributed by atoms with van der Waals surface area (Å²) in [5.41, 5.74) is 19.9. The molecule has 0 amide bonds. The highest BCUT2D eigenvalue weighted by atomic mass is 15.0. The van der Waals surface area contributed by atoms with Gasteiger partial charge < -0.3 is 0 Å². The largest absolute Gasteiger partial charge is 0.244 e. The van der Waals surface area contributed by atoms with Crippen LogP contribution in [-0.4, -0.2) is 21.7 Å². The summed E-state index contributed by atoms with van der Waals surface area (Å²) in [5.74, 6) is 1.98. The van der Waals surface area contributed by atoms with E-state index in [0.29, 0.717) is 17.5 Å². The van der Waals surface area contributed by atoms with Gasteiger partial charge in [0.2, 0.25) is 6.71 Å². The molecule has 3 aliphatic rings. The summed E-state index contributed by atoms with van der Waals surface area (Å²) in [6.45, 7) is 0.110. The highest BCUT2D eigenvalue weighted by molar-refractivity contribution is 7.00. The second kappa shape index (κ2) is 11.9. The molecule has 9 aromatic rings. The quantitative estimate of drug-likeness (QED) is 0.171. The molecular weight excluding hydrogens is 677 g/mol. The number of rotatable bonds is 4. The third kappa shape index (κ3) is 4.27. The predicted molar refractivity (Wildman–Crippen MR) is 229 cm³/mol. The lowest BCUT2D eigenvalue weighted by molar-refractivity contribution is 0.775. The van der Waals surface area contributed by atoms with E-state index in [1.54, 1.807) is 0 Å². The number of hydrogen-bond donors (Lipinski definition) is 0. The summed E-state index contributed by atoms with van der Waals surface area (Å²) in [6, 6.07) is 70.3. The Morgan fingerprint density at radius 3 is 1.30 bits per heavy atom. The van der Waals surface area contributed by atoms with Gasteiger partial charge in [0.05, 0.1) is 5.41 Å². The van der Waals surface area contributed by atoms with Crippen molar-refractivity contribution in [2.45, 2.75) is 5.41 Å². The third-order valence-electron chi connectivity index (χ3n) is 12.3. The van der Waals surface area contributed by atoms with E-state index in [0.717, 1.165) is 16.7 Å². The maximum absolute atomic E-state index is 5.00. The molecule has 0 saturated carbocycles. The molecule has 0 unspecified atom stereocenters. The Morgan fingerprint density at radius 1 is 0.286 bits per heavy atom. The number of fused-ring (bicyclic) bond motifs is 12. The molecule has 0 atom stereocenters. The zero-order valence-corrected chi connectivity index (χ0v) is 30.4. The fourth-order valence-corrected chi connectivity index (χ4v) is 10.0. The number of aromatic nitrogens is 3. The Bertz CT molecular complexity index is 2930. The molecular formula is C52H32BN3. The lowest BCUT2D eigenvalue weighted by atomic mass is 9.32. The van der Waals surface area contributed by atoms with Gasteiger partial charge in [0.15, 0.2) is 17.5 Å². The molecule has 12 rings (SSSR count). The minimum Gasteiger partial charge on any atom is -0.208 e. The van der Waals surface area contributed by atoms with Gasteiger partial charge in [-0.2, -0.15) is 0 Å². The summed E-state index contributed by atoms with van der Waals surface area (Å²) in [7, 11) is 0. The van der Waals surface area contributed by atoms with E-state index < -0.39 is 5.41 Å². The van der Waals surface area contributed by atoms with Gasteiger partial charge in [0.1, 0.15) is 0 Å². The van der Waals surface area contributed by atoms with Gasteiger partial charge in [-0.3, -0.25) is 0 Å². The molecule has 2 aliphatic heterocycles. The topological polar surface area (TPSA) is 38.7 Å². The van der Waals surface area contributed by atoms with Gasteiger partial charge in [-0.05, 0) is 55.6 Å². The number of nitrogens with zero attached hydrogens (tertiary/aromatic N) is 3. The van der Waals surface area contributed by atoms with Gasteiger partial charge in [0, 0.05) is 16.7 Å². The van der Waals surface area contributed by atoms with Crippen LogP contribution in [0.5, 0.6) is 0 Å². The molecule has 0 radical (unpaired) electrons. The Kier molecular flexibility index (Phi) is 6.64. The molecule has 1 aromatic heterocycles. The summed E-state index contributed by atoms with van der Waals surface area (Å²) >= 11 is 0. The van der Waals surface area contributed by atoms with Crippen LogP contribution in [0.2, 0.25) is 0 Å². The smallest absolute Gasteiger partial charge is 0.208 e.